The Morgan fingerprint density at radius 1 is 1.13 bits per heavy atom. The number of thiazole rings is 1. The van der Waals surface area contributed by atoms with Crippen molar-refractivity contribution in [1.82, 2.24) is 15.6 Å². The minimum absolute atomic E-state index is 0.106. The van der Waals surface area contributed by atoms with Crippen LogP contribution in [0.3, 0.4) is 0 Å². The highest BCUT2D eigenvalue weighted by atomic mass is 32.1. The van der Waals surface area contributed by atoms with E-state index in [-0.39, 0.29) is 11.8 Å². The van der Waals surface area contributed by atoms with Crippen molar-refractivity contribution in [1.29, 1.82) is 0 Å². The number of nitrogens with one attached hydrogen (secondary N) is 2. The first-order valence-electron chi connectivity index (χ1n) is 7.60. The summed E-state index contributed by atoms with van der Waals surface area (Å²) in [5.41, 5.74) is 3.02. The van der Waals surface area contributed by atoms with Gasteiger partial charge in [-0.15, -0.1) is 11.3 Å². The van der Waals surface area contributed by atoms with E-state index in [2.05, 4.69) is 34.7 Å². The van der Waals surface area contributed by atoms with Crippen LogP contribution in [-0.2, 0) is 11.2 Å². The predicted octanol–water partition coefficient (Wildman–Crippen LogP) is 2.55. The van der Waals surface area contributed by atoms with Gasteiger partial charge in [-0.05, 0) is 18.9 Å². The third kappa shape index (κ3) is 4.63. The first-order chi connectivity index (χ1) is 11.0. The predicted molar refractivity (Wildman–Crippen MR) is 92.7 cm³/mol. The van der Waals surface area contributed by atoms with Crippen LogP contribution in [0.25, 0.3) is 10.6 Å². The second-order valence-electron chi connectivity index (χ2n) is 5.22. The summed E-state index contributed by atoms with van der Waals surface area (Å²) in [4.78, 5) is 28.1. The molecule has 0 aliphatic carbocycles. The molecule has 2 N–H and O–H groups in total. The van der Waals surface area contributed by atoms with E-state index in [1.807, 2.05) is 19.1 Å². The van der Waals surface area contributed by atoms with E-state index >= 15 is 0 Å². The number of hydrogen-bond donors (Lipinski definition) is 2. The molecule has 0 bridgehead atoms. The number of aryl methyl sites for hydroxylation is 2. The lowest BCUT2D eigenvalue weighted by atomic mass is 10.1. The summed E-state index contributed by atoms with van der Waals surface area (Å²) < 4.78 is 0. The average Bonchev–Trinajstić information content (AvgIpc) is 2.93. The molecule has 0 saturated carbocycles. The van der Waals surface area contributed by atoms with E-state index in [0.29, 0.717) is 18.0 Å². The Morgan fingerprint density at radius 2 is 1.78 bits per heavy atom. The van der Waals surface area contributed by atoms with Crippen LogP contribution in [-0.4, -0.2) is 29.9 Å². The normalized spacial score (nSPS) is 10.4. The van der Waals surface area contributed by atoms with Gasteiger partial charge in [-0.1, -0.05) is 31.2 Å². The van der Waals surface area contributed by atoms with Crippen LogP contribution >= 0.6 is 11.3 Å². The number of rotatable bonds is 6. The Balaban J connectivity index is 2.04. The minimum atomic E-state index is -0.151. The molecule has 122 valence electrons. The van der Waals surface area contributed by atoms with Crippen LogP contribution in [0.4, 0.5) is 0 Å². The fraction of sp³-hybridized carbons (Fsp3) is 0.353. The largest absolute Gasteiger partial charge is 0.355 e. The number of benzene rings is 1. The average molecular weight is 331 g/mol. The van der Waals surface area contributed by atoms with E-state index < -0.39 is 0 Å². The zero-order valence-electron chi connectivity index (χ0n) is 13.6. The van der Waals surface area contributed by atoms with Gasteiger partial charge in [-0.2, -0.15) is 0 Å². The standard InChI is InChI=1S/C17H21N3O2S/c1-4-13-5-7-14(8-6-13)17-20-11(2)15(23-17)16(22)19-10-9-18-12(3)21/h5-8H,4,9-10H2,1-3H3,(H,18,21)(H,19,22). The molecule has 1 heterocycles. The molecule has 2 aromatic rings. The molecule has 1 aromatic carbocycles. The van der Waals surface area contributed by atoms with Crippen molar-refractivity contribution in [2.45, 2.75) is 27.2 Å². The smallest absolute Gasteiger partial charge is 0.263 e. The molecule has 0 aliphatic heterocycles. The number of hydrogen-bond acceptors (Lipinski definition) is 4. The number of nitrogens with zero attached hydrogens (tertiary/aromatic N) is 1. The van der Waals surface area contributed by atoms with Crippen LogP contribution in [0, 0.1) is 6.92 Å². The summed E-state index contributed by atoms with van der Waals surface area (Å²) in [5.74, 6) is -0.257. The Kier molecular flexibility index (Phi) is 5.87. The first kappa shape index (κ1) is 17.1. The Bertz CT molecular complexity index is 692. The molecule has 2 amide bonds. The number of carbonyl (C=O) groups is 2. The van der Waals surface area contributed by atoms with Gasteiger partial charge in [0.25, 0.3) is 5.91 Å². The highest BCUT2D eigenvalue weighted by Crippen LogP contribution is 2.28. The molecule has 0 saturated heterocycles. The lowest BCUT2D eigenvalue weighted by molar-refractivity contribution is -0.118. The van der Waals surface area contributed by atoms with Crippen LogP contribution in [0.15, 0.2) is 24.3 Å². The molecule has 5 nitrogen and oxygen atoms in total. The van der Waals surface area contributed by atoms with Gasteiger partial charge in [0.2, 0.25) is 5.91 Å². The van der Waals surface area contributed by atoms with Gasteiger partial charge < -0.3 is 10.6 Å². The van der Waals surface area contributed by atoms with Crippen LogP contribution in [0.1, 0.15) is 34.8 Å². The van der Waals surface area contributed by atoms with Crippen molar-refractivity contribution < 1.29 is 9.59 Å². The third-order valence-corrected chi connectivity index (χ3v) is 4.60. The van der Waals surface area contributed by atoms with Crippen molar-refractivity contribution in [3.05, 3.63) is 40.4 Å². The molecule has 23 heavy (non-hydrogen) atoms. The molecule has 2 rings (SSSR count). The molecular weight excluding hydrogens is 310 g/mol. The Morgan fingerprint density at radius 3 is 2.39 bits per heavy atom. The Hall–Kier alpha value is -2.21. The maximum Gasteiger partial charge on any atom is 0.263 e. The van der Waals surface area contributed by atoms with Gasteiger partial charge in [0, 0.05) is 25.6 Å². The SMILES string of the molecule is CCc1ccc(-c2nc(C)c(C(=O)NCCNC(C)=O)s2)cc1. The van der Waals surface area contributed by atoms with Gasteiger partial charge in [0.05, 0.1) is 5.69 Å². The van der Waals surface area contributed by atoms with Gasteiger partial charge in [0.15, 0.2) is 0 Å². The van der Waals surface area contributed by atoms with E-state index in [4.69, 9.17) is 0 Å². The molecule has 0 spiro atoms. The summed E-state index contributed by atoms with van der Waals surface area (Å²) in [6.07, 6.45) is 0.999. The van der Waals surface area contributed by atoms with Crippen molar-refractivity contribution in [3.8, 4) is 10.6 Å². The summed E-state index contributed by atoms with van der Waals surface area (Å²) >= 11 is 1.39. The Labute approximate surface area is 140 Å². The summed E-state index contributed by atoms with van der Waals surface area (Å²) in [7, 11) is 0. The van der Waals surface area contributed by atoms with Gasteiger partial charge in [-0.25, -0.2) is 4.98 Å². The quantitative estimate of drug-likeness (QED) is 0.799. The minimum Gasteiger partial charge on any atom is -0.355 e. The van der Waals surface area contributed by atoms with E-state index in [9.17, 15) is 9.59 Å². The van der Waals surface area contributed by atoms with Crippen molar-refractivity contribution in [2.75, 3.05) is 13.1 Å². The van der Waals surface area contributed by atoms with E-state index in [1.165, 1.54) is 23.8 Å². The van der Waals surface area contributed by atoms with Gasteiger partial charge in [-0.3, -0.25) is 9.59 Å². The van der Waals surface area contributed by atoms with Crippen molar-refractivity contribution >= 4 is 23.2 Å². The third-order valence-electron chi connectivity index (χ3n) is 3.40. The molecule has 1 aromatic heterocycles. The summed E-state index contributed by atoms with van der Waals surface area (Å²) in [5, 5.41) is 6.28. The second kappa shape index (κ2) is 7.87. The second-order valence-corrected chi connectivity index (χ2v) is 6.22. The van der Waals surface area contributed by atoms with Crippen LogP contribution in [0.2, 0.25) is 0 Å². The highest BCUT2D eigenvalue weighted by Gasteiger charge is 2.15. The number of carbonyl (C=O) groups excluding carboxylic acids is 2. The molecule has 0 unspecified atom stereocenters. The molecule has 0 fully saturated rings. The fourth-order valence-corrected chi connectivity index (χ4v) is 3.10. The monoisotopic (exact) mass is 331 g/mol. The van der Waals surface area contributed by atoms with Crippen LogP contribution in [0.5, 0.6) is 0 Å². The maximum atomic E-state index is 12.2. The van der Waals surface area contributed by atoms with E-state index in [1.54, 1.807) is 0 Å². The number of amides is 2. The molecule has 0 atom stereocenters. The molecular formula is C17H21N3O2S. The fourth-order valence-electron chi connectivity index (χ4n) is 2.11. The van der Waals surface area contributed by atoms with Gasteiger partial charge in [0.1, 0.15) is 9.88 Å². The topological polar surface area (TPSA) is 71.1 Å². The zero-order chi connectivity index (χ0) is 16.8. The van der Waals surface area contributed by atoms with Crippen molar-refractivity contribution in [3.63, 3.8) is 0 Å². The lowest BCUT2D eigenvalue weighted by Gasteiger charge is -2.04. The van der Waals surface area contributed by atoms with E-state index in [0.717, 1.165) is 22.7 Å². The van der Waals surface area contributed by atoms with Crippen molar-refractivity contribution in [2.24, 2.45) is 0 Å². The highest BCUT2D eigenvalue weighted by molar-refractivity contribution is 7.17. The van der Waals surface area contributed by atoms with Gasteiger partial charge >= 0.3 is 0 Å². The molecule has 0 radical (unpaired) electrons. The summed E-state index contributed by atoms with van der Waals surface area (Å²) in [6.45, 7) is 6.22. The van der Waals surface area contributed by atoms with Crippen LogP contribution < -0.4 is 10.6 Å². The maximum absolute atomic E-state index is 12.2. The lowest BCUT2D eigenvalue weighted by Crippen LogP contribution is -2.33. The first-order valence-corrected chi connectivity index (χ1v) is 8.42. The molecule has 0 aliphatic rings. The zero-order valence-corrected chi connectivity index (χ0v) is 14.4. The molecule has 6 heteroatoms. The summed E-state index contributed by atoms with van der Waals surface area (Å²) in [6, 6.07) is 8.24. The number of aromatic nitrogens is 1.